The third-order valence-corrected chi connectivity index (χ3v) is 4.65. The molecule has 2 N–H and O–H groups in total. The van der Waals surface area contributed by atoms with E-state index in [9.17, 15) is 0 Å². The Kier molecular flexibility index (Phi) is 9.78. The number of rotatable bonds is 7. The maximum Gasteiger partial charge on any atom is 0.191 e. The van der Waals surface area contributed by atoms with Crippen molar-refractivity contribution in [2.75, 3.05) is 20.2 Å². The standard InChI is InChI=1S/C18H25N3OS.HI/c1-4-19-18(20-12-14(2)17-10-7-11-23-17)21-13-15-8-5-6-9-16(15)22-3;/h5-11,14H,4,12-13H2,1-3H3,(H2,19,20,21);1H. The van der Waals surface area contributed by atoms with Crippen molar-refractivity contribution in [1.29, 1.82) is 0 Å². The fourth-order valence-electron chi connectivity index (χ4n) is 2.26. The number of ether oxygens (including phenoxy) is 1. The number of methoxy groups -OCH3 is 1. The van der Waals surface area contributed by atoms with Gasteiger partial charge in [0.1, 0.15) is 5.75 Å². The van der Waals surface area contributed by atoms with E-state index in [0.29, 0.717) is 12.5 Å². The first kappa shape index (κ1) is 20.8. The van der Waals surface area contributed by atoms with Gasteiger partial charge in [0.25, 0.3) is 0 Å². The van der Waals surface area contributed by atoms with Crippen molar-refractivity contribution in [2.45, 2.75) is 26.3 Å². The predicted molar refractivity (Wildman–Crippen MR) is 114 cm³/mol. The zero-order valence-electron chi connectivity index (χ0n) is 14.4. The molecule has 0 amide bonds. The maximum absolute atomic E-state index is 5.38. The van der Waals surface area contributed by atoms with E-state index in [1.165, 1.54) is 4.88 Å². The lowest BCUT2D eigenvalue weighted by atomic mass is 10.1. The molecule has 0 radical (unpaired) electrons. The van der Waals surface area contributed by atoms with Crippen LogP contribution >= 0.6 is 35.3 Å². The molecular weight excluding hydrogens is 433 g/mol. The average molecular weight is 459 g/mol. The Bertz CT molecular complexity index is 616. The van der Waals surface area contributed by atoms with Gasteiger partial charge in [0.15, 0.2) is 5.96 Å². The number of aliphatic imine (C=N–C) groups is 1. The van der Waals surface area contributed by atoms with Crippen LogP contribution in [0.3, 0.4) is 0 Å². The Morgan fingerprint density at radius 2 is 2.00 bits per heavy atom. The van der Waals surface area contributed by atoms with Crippen molar-refractivity contribution in [3.8, 4) is 5.75 Å². The van der Waals surface area contributed by atoms with Gasteiger partial charge in [0.05, 0.1) is 13.7 Å². The second-order valence-electron chi connectivity index (χ2n) is 5.30. The van der Waals surface area contributed by atoms with Crippen molar-refractivity contribution >= 4 is 41.3 Å². The number of para-hydroxylation sites is 1. The summed E-state index contributed by atoms with van der Waals surface area (Å²) < 4.78 is 5.38. The van der Waals surface area contributed by atoms with E-state index in [-0.39, 0.29) is 24.0 Å². The molecule has 1 aromatic carbocycles. The largest absolute Gasteiger partial charge is 0.496 e. The highest BCUT2D eigenvalue weighted by molar-refractivity contribution is 14.0. The SMILES string of the molecule is CCNC(=NCc1ccccc1OC)NCC(C)c1cccs1.I. The molecule has 4 nitrogen and oxygen atoms in total. The second kappa shape index (κ2) is 11.3. The fraction of sp³-hybridized carbons (Fsp3) is 0.389. The molecule has 1 atom stereocenters. The quantitative estimate of drug-likeness (QED) is 0.370. The molecule has 0 aliphatic carbocycles. The lowest BCUT2D eigenvalue weighted by Gasteiger charge is -2.15. The normalized spacial score (nSPS) is 12.2. The molecular formula is C18H26IN3OS. The number of nitrogens with one attached hydrogen (secondary N) is 2. The molecule has 1 heterocycles. The van der Waals surface area contributed by atoms with E-state index in [1.54, 1.807) is 18.4 Å². The van der Waals surface area contributed by atoms with Crippen molar-refractivity contribution < 1.29 is 4.74 Å². The second-order valence-corrected chi connectivity index (χ2v) is 6.28. The highest BCUT2D eigenvalue weighted by Gasteiger charge is 2.08. The fourth-order valence-corrected chi connectivity index (χ4v) is 3.05. The van der Waals surface area contributed by atoms with Crippen LogP contribution in [0.15, 0.2) is 46.8 Å². The van der Waals surface area contributed by atoms with Crippen LogP contribution in [0.5, 0.6) is 5.75 Å². The number of hydrogen-bond acceptors (Lipinski definition) is 3. The summed E-state index contributed by atoms with van der Waals surface area (Å²) in [4.78, 5) is 6.05. The number of nitrogens with zero attached hydrogens (tertiary/aromatic N) is 1. The van der Waals surface area contributed by atoms with E-state index < -0.39 is 0 Å². The zero-order chi connectivity index (χ0) is 16.5. The van der Waals surface area contributed by atoms with Crippen molar-refractivity contribution in [1.82, 2.24) is 10.6 Å². The number of benzene rings is 1. The van der Waals surface area contributed by atoms with Crippen LogP contribution in [0, 0.1) is 0 Å². The van der Waals surface area contributed by atoms with Crippen LogP contribution in [-0.2, 0) is 6.54 Å². The molecule has 0 saturated heterocycles. The molecule has 1 aromatic heterocycles. The Morgan fingerprint density at radius 1 is 1.21 bits per heavy atom. The summed E-state index contributed by atoms with van der Waals surface area (Å²) in [6.45, 7) is 6.59. The van der Waals surface area contributed by atoms with E-state index in [1.807, 2.05) is 24.3 Å². The summed E-state index contributed by atoms with van der Waals surface area (Å²) in [5.41, 5.74) is 1.08. The van der Waals surface area contributed by atoms with Crippen molar-refractivity contribution in [3.05, 3.63) is 52.2 Å². The van der Waals surface area contributed by atoms with Gasteiger partial charge in [-0.25, -0.2) is 4.99 Å². The first-order valence-corrected chi connectivity index (χ1v) is 8.80. The van der Waals surface area contributed by atoms with Crippen LogP contribution in [0.25, 0.3) is 0 Å². The summed E-state index contributed by atoms with van der Waals surface area (Å²) in [5.74, 6) is 2.17. The molecule has 1 unspecified atom stereocenters. The van der Waals surface area contributed by atoms with Crippen LogP contribution in [0.2, 0.25) is 0 Å². The van der Waals surface area contributed by atoms with Crippen molar-refractivity contribution in [2.24, 2.45) is 4.99 Å². The topological polar surface area (TPSA) is 45.7 Å². The van der Waals surface area contributed by atoms with E-state index in [2.05, 4.69) is 47.0 Å². The first-order valence-electron chi connectivity index (χ1n) is 7.92. The van der Waals surface area contributed by atoms with Crippen molar-refractivity contribution in [3.63, 3.8) is 0 Å². The summed E-state index contributed by atoms with van der Waals surface area (Å²) in [7, 11) is 1.69. The van der Waals surface area contributed by atoms with Crippen LogP contribution in [0.4, 0.5) is 0 Å². The van der Waals surface area contributed by atoms with Gasteiger partial charge in [-0.2, -0.15) is 0 Å². The molecule has 2 aromatic rings. The highest BCUT2D eigenvalue weighted by Crippen LogP contribution is 2.20. The summed E-state index contributed by atoms with van der Waals surface area (Å²) in [6, 6.07) is 12.3. The van der Waals surface area contributed by atoms with E-state index in [0.717, 1.165) is 30.4 Å². The van der Waals surface area contributed by atoms with E-state index >= 15 is 0 Å². The first-order chi connectivity index (χ1) is 11.2. The lowest BCUT2D eigenvalue weighted by molar-refractivity contribution is 0.410. The molecule has 2 rings (SSSR count). The zero-order valence-corrected chi connectivity index (χ0v) is 17.6. The average Bonchev–Trinajstić information content (AvgIpc) is 3.12. The Balaban J connectivity index is 0.00000288. The molecule has 0 bridgehead atoms. The Labute approximate surface area is 165 Å². The van der Waals surface area contributed by atoms with Gasteiger partial charge in [-0.1, -0.05) is 31.2 Å². The number of guanidine groups is 1. The number of hydrogen-bond donors (Lipinski definition) is 2. The molecule has 0 saturated carbocycles. The third-order valence-electron chi connectivity index (χ3n) is 3.55. The van der Waals surface area contributed by atoms with Crippen LogP contribution in [-0.4, -0.2) is 26.2 Å². The van der Waals surface area contributed by atoms with Gasteiger partial charge in [-0.05, 0) is 24.4 Å². The lowest BCUT2D eigenvalue weighted by Crippen LogP contribution is -2.39. The predicted octanol–water partition coefficient (Wildman–Crippen LogP) is 4.23. The molecule has 0 fully saturated rings. The number of thiophene rings is 1. The summed E-state index contributed by atoms with van der Waals surface area (Å²) in [5, 5.41) is 8.83. The van der Waals surface area contributed by atoms with Gasteiger partial charge in [-0.3, -0.25) is 0 Å². The minimum absolute atomic E-state index is 0. The molecule has 0 spiro atoms. The molecule has 24 heavy (non-hydrogen) atoms. The van der Waals surface area contributed by atoms with Crippen LogP contribution < -0.4 is 15.4 Å². The summed E-state index contributed by atoms with van der Waals surface area (Å²) >= 11 is 1.79. The molecule has 6 heteroatoms. The third kappa shape index (κ3) is 6.32. The monoisotopic (exact) mass is 459 g/mol. The minimum atomic E-state index is 0. The highest BCUT2D eigenvalue weighted by atomic mass is 127. The van der Waals surface area contributed by atoms with Gasteiger partial charge in [0.2, 0.25) is 0 Å². The summed E-state index contributed by atoms with van der Waals surface area (Å²) in [6.07, 6.45) is 0. The van der Waals surface area contributed by atoms with Gasteiger partial charge < -0.3 is 15.4 Å². The van der Waals surface area contributed by atoms with Gasteiger partial charge >= 0.3 is 0 Å². The minimum Gasteiger partial charge on any atom is -0.496 e. The number of halogens is 1. The molecule has 0 aliphatic heterocycles. The maximum atomic E-state index is 5.38. The Morgan fingerprint density at radius 3 is 2.67 bits per heavy atom. The molecule has 0 aliphatic rings. The molecule has 132 valence electrons. The van der Waals surface area contributed by atoms with Crippen LogP contribution in [0.1, 0.15) is 30.2 Å². The van der Waals surface area contributed by atoms with Gasteiger partial charge in [-0.15, -0.1) is 35.3 Å². The smallest absolute Gasteiger partial charge is 0.191 e. The van der Waals surface area contributed by atoms with E-state index in [4.69, 9.17) is 4.74 Å². The Hall–Kier alpha value is -1.28. The van der Waals surface area contributed by atoms with Gasteiger partial charge in [0, 0.05) is 29.4 Å².